The predicted molar refractivity (Wildman–Crippen MR) is 71.9 cm³/mol. The first kappa shape index (κ1) is 12.0. The highest BCUT2D eigenvalue weighted by atomic mass is 35.5. The molecule has 0 radical (unpaired) electrons. The monoisotopic (exact) mass is 249 g/mol. The Balaban J connectivity index is 2.35. The van der Waals surface area contributed by atoms with Crippen molar-refractivity contribution >= 4 is 17.3 Å². The molecule has 0 bridgehead atoms. The second kappa shape index (κ2) is 5.23. The minimum Gasteiger partial charge on any atom is -0.383 e. The van der Waals surface area contributed by atoms with Crippen molar-refractivity contribution in [1.82, 2.24) is 9.78 Å². The number of aromatic nitrogens is 2. The van der Waals surface area contributed by atoms with E-state index in [2.05, 4.69) is 24.3 Å². The van der Waals surface area contributed by atoms with E-state index in [4.69, 9.17) is 11.6 Å². The van der Waals surface area contributed by atoms with Crippen LogP contribution in [0.25, 0.3) is 5.69 Å². The molecule has 1 aromatic heterocycles. The summed E-state index contributed by atoms with van der Waals surface area (Å²) in [6, 6.07) is 7.72. The first-order valence-corrected chi connectivity index (χ1v) is 6.08. The molecule has 0 saturated carbocycles. The molecule has 3 nitrogen and oxygen atoms in total. The summed E-state index contributed by atoms with van der Waals surface area (Å²) >= 11 is 6.24. The van der Waals surface area contributed by atoms with Gasteiger partial charge in [0.2, 0.25) is 0 Å². The number of benzene rings is 1. The van der Waals surface area contributed by atoms with E-state index < -0.39 is 0 Å². The van der Waals surface area contributed by atoms with Crippen molar-refractivity contribution in [3.63, 3.8) is 0 Å². The van der Waals surface area contributed by atoms with Crippen molar-refractivity contribution in [2.75, 3.05) is 11.9 Å². The van der Waals surface area contributed by atoms with Gasteiger partial charge in [0.15, 0.2) is 0 Å². The Labute approximate surface area is 106 Å². The molecule has 0 aliphatic heterocycles. The van der Waals surface area contributed by atoms with Gasteiger partial charge in [0.1, 0.15) is 5.69 Å². The fourth-order valence-corrected chi connectivity index (χ4v) is 1.87. The summed E-state index contributed by atoms with van der Waals surface area (Å²) in [6.07, 6.45) is 3.64. The summed E-state index contributed by atoms with van der Waals surface area (Å²) in [5.41, 5.74) is 1.91. The zero-order valence-electron chi connectivity index (χ0n) is 10.0. The van der Waals surface area contributed by atoms with Gasteiger partial charge in [-0.2, -0.15) is 5.10 Å². The minimum absolute atomic E-state index is 0.583. The highest BCUT2D eigenvalue weighted by molar-refractivity contribution is 6.33. The Morgan fingerprint density at radius 3 is 2.82 bits per heavy atom. The van der Waals surface area contributed by atoms with E-state index in [1.165, 1.54) is 0 Å². The second-order valence-corrected chi connectivity index (χ2v) is 4.77. The Morgan fingerprint density at radius 2 is 2.18 bits per heavy atom. The largest absolute Gasteiger partial charge is 0.383 e. The van der Waals surface area contributed by atoms with E-state index in [0.29, 0.717) is 10.9 Å². The molecule has 2 rings (SSSR count). The van der Waals surface area contributed by atoms with Gasteiger partial charge in [0.05, 0.1) is 10.7 Å². The van der Waals surface area contributed by atoms with Crippen LogP contribution in [0.1, 0.15) is 13.8 Å². The number of rotatable bonds is 4. The molecule has 1 heterocycles. The lowest BCUT2D eigenvalue weighted by atomic mass is 10.2. The second-order valence-electron chi connectivity index (χ2n) is 4.36. The van der Waals surface area contributed by atoms with Crippen LogP contribution in [0.3, 0.4) is 0 Å². The van der Waals surface area contributed by atoms with Gasteiger partial charge < -0.3 is 5.32 Å². The molecule has 1 aromatic carbocycles. The Bertz CT molecular complexity index is 477. The Kier molecular flexibility index (Phi) is 3.69. The smallest absolute Gasteiger partial charge is 0.106 e. The molecular formula is C13H16ClN3. The van der Waals surface area contributed by atoms with Crippen LogP contribution < -0.4 is 5.32 Å². The highest BCUT2D eigenvalue weighted by Crippen LogP contribution is 2.27. The van der Waals surface area contributed by atoms with Crippen molar-refractivity contribution in [3.8, 4) is 5.69 Å². The highest BCUT2D eigenvalue weighted by Gasteiger charge is 2.09. The number of nitrogens with one attached hydrogen (secondary N) is 1. The van der Waals surface area contributed by atoms with Crippen LogP contribution in [-0.2, 0) is 0 Å². The molecule has 0 fully saturated rings. The van der Waals surface area contributed by atoms with E-state index in [-0.39, 0.29) is 0 Å². The van der Waals surface area contributed by atoms with Crippen LogP contribution in [0.4, 0.5) is 5.69 Å². The average molecular weight is 250 g/mol. The average Bonchev–Trinajstić information content (AvgIpc) is 2.79. The van der Waals surface area contributed by atoms with Crippen molar-refractivity contribution in [3.05, 3.63) is 41.7 Å². The summed E-state index contributed by atoms with van der Waals surface area (Å²) in [5.74, 6) is 0.583. The summed E-state index contributed by atoms with van der Waals surface area (Å²) < 4.78 is 1.78. The molecule has 17 heavy (non-hydrogen) atoms. The van der Waals surface area contributed by atoms with Gasteiger partial charge in [-0.05, 0) is 24.1 Å². The van der Waals surface area contributed by atoms with Crippen molar-refractivity contribution in [1.29, 1.82) is 0 Å². The van der Waals surface area contributed by atoms with Gasteiger partial charge >= 0.3 is 0 Å². The van der Waals surface area contributed by atoms with E-state index >= 15 is 0 Å². The quantitative estimate of drug-likeness (QED) is 0.897. The van der Waals surface area contributed by atoms with Crippen LogP contribution in [0, 0.1) is 5.92 Å². The van der Waals surface area contributed by atoms with Crippen LogP contribution in [0.2, 0.25) is 5.02 Å². The number of hydrogen-bond acceptors (Lipinski definition) is 2. The zero-order valence-corrected chi connectivity index (χ0v) is 10.8. The molecular weight excluding hydrogens is 234 g/mol. The predicted octanol–water partition coefficient (Wildman–Crippen LogP) is 3.59. The molecule has 0 aliphatic rings. The molecule has 1 N–H and O–H groups in total. The molecule has 0 atom stereocenters. The summed E-state index contributed by atoms with van der Waals surface area (Å²) in [6.45, 7) is 5.25. The van der Waals surface area contributed by atoms with E-state index in [1.807, 2.05) is 30.5 Å². The molecule has 4 heteroatoms. The summed E-state index contributed by atoms with van der Waals surface area (Å²) in [7, 11) is 0. The van der Waals surface area contributed by atoms with Gasteiger partial charge in [-0.1, -0.05) is 31.5 Å². The molecule has 0 spiro atoms. The summed E-state index contributed by atoms with van der Waals surface area (Å²) in [5, 5.41) is 8.32. The first-order valence-electron chi connectivity index (χ1n) is 5.71. The third kappa shape index (κ3) is 2.80. The number of anilines is 1. The van der Waals surface area contributed by atoms with Gasteiger partial charge in [0.25, 0.3) is 0 Å². The lowest BCUT2D eigenvalue weighted by molar-refractivity contribution is 0.688. The van der Waals surface area contributed by atoms with E-state index in [0.717, 1.165) is 17.9 Å². The summed E-state index contributed by atoms with van der Waals surface area (Å²) in [4.78, 5) is 0. The number of nitrogens with zero attached hydrogens (tertiary/aromatic N) is 2. The molecule has 0 aliphatic carbocycles. The van der Waals surface area contributed by atoms with E-state index in [1.54, 1.807) is 10.9 Å². The van der Waals surface area contributed by atoms with Gasteiger partial charge in [0, 0.05) is 18.9 Å². The van der Waals surface area contributed by atoms with Crippen LogP contribution in [0.15, 0.2) is 36.7 Å². The number of hydrogen-bond donors (Lipinski definition) is 1. The Morgan fingerprint density at radius 1 is 1.35 bits per heavy atom. The van der Waals surface area contributed by atoms with Crippen molar-refractivity contribution < 1.29 is 0 Å². The number of halogens is 1. The van der Waals surface area contributed by atoms with Crippen molar-refractivity contribution in [2.45, 2.75) is 13.8 Å². The third-order valence-corrected chi connectivity index (χ3v) is 2.73. The normalized spacial score (nSPS) is 10.8. The van der Waals surface area contributed by atoms with Gasteiger partial charge in [-0.3, -0.25) is 0 Å². The van der Waals surface area contributed by atoms with Crippen LogP contribution in [-0.4, -0.2) is 16.3 Å². The zero-order chi connectivity index (χ0) is 12.3. The standard InChI is InChI=1S/C13H16ClN3/c1-10(2)9-15-12-6-3-5-11(14)13(12)17-8-4-7-16-17/h3-8,10,15H,9H2,1-2H3. The lowest BCUT2D eigenvalue weighted by Gasteiger charge is -2.14. The fraction of sp³-hybridized carbons (Fsp3) is 0.308. The maximum absolute atomic E-state index is 6.24. The van der Waals surface area contributed by atoms with Crippen molar-refractivity contribution in [2.24, 2.45) is 5.92 Å². The van der Waals surface area contributed by atoms with Crippen LogP contribution >= 0.6 is 11.6 Å². The number of para-hydroxylation sites is 1. The molecule has 0 amide bonds. The fourth-order valence-electron chi connectivity index (χ4n) is 1.61. The minimum atomic E-state index is 0.583. The topological polar surface area (TPSA) is 29.9 Å². The van der Waals surface area contributed by atoms with Gasteiger partial charge in [-0.25, -0.2) is 4.68 Å². The Hall–Kier alpha value is -1.48. The van der Waals surface area contributed by atoms with E-state index in [9.17, 15) is 0 Å². The molecule has 90 valence electrons. The maximum atomic E-state index is 6.24. The van der Waals surface area contributed by atoms with Crippen LogP contribution in [0.5, 0.6) is 0 Å². The van der Waals surface area contributed by atoms with Gasteiger partial charge in [-0.15, -0.1) is 0 Å². The first-order chi connectivity index (χ1) is 8.18. The SMILES string of the molecule is CC(C)CNc1cccc(Cl)c1-n1cccn1. The molecule has 2 aromatic rings. The molecule has 0 unspecified atom stereocenters. The lowest BCUT2D eigenvalue weighted by Crippen LogP contribution is -2.10. The molecule has 0 saturated heterocycles. The maximum Gasteiger partial charge on any atom is 0.106 e. The third-order valence-electron chi connectivity index (χ3n) is 2.42.